The van der Waals surface area contributed by atoms with Crippen molar-refractivity contribution in [3.63, 3.8) is 0 Å². The smallest absolute Gasteiger partial charge is 0.152 e. The average molecular weight is 173 g/mol. The van der Waals surface area contributed by atoms with E-state index < -0.39 is 0 Å². The van der Waals surface area contributed by atoms with Gasteiger partial charge in [-0.05, 0) is 31.0 Å². The molecule has 66 valence electrons. The number of aldehydes is 1. The SMILES string of the molecule is Cc1ccc2[nH]cc(C=O)c2c1C. The minimum absolute atomic E-state index is 0.746. The van der Waals surface area contributed by atoms with Crippen LogP contribution in [-0.2, 0) is 0 Å². The first-order chi connectivity index (χ1) is 6.24. The molecule has 0 radical (unpaired) electrons. The predicted octanol–water partition coefficient (Wildman–Crippen LogP) is 2.60. The molecule has 1 aromatic heterocycles. The Labute approximate surface area is 76.6 Å². The van der Waals surface area contributed by atoms with Gasteiger partial charge in [-0.15, -0.1) is 0 Å². The van der Waals surface area contributed by atoms with Crippen molar-refractivity contribution < 1.29 is 4.79 Å². The molecule has 0 spiro atoms. The Morgan fingerprint density at radius 3 is 2.77 bits per heavy atom. The standard InChI is InChI=1S/C11H11NO/c1-7-3-4-10-11(8(7)2)9(6-13)5-12-10/h3-6,12H,1-2H3. The molecule has 0 saturated carbocycles. The quantitative estimate of drug-likeness (QED) is 0.660. The van der Waals surface area contributed by atoms with Crippen LogP contribution < -0.4 is 0 Å². The van der Waals surface area contributed by atoms with E-state index in [9.17, 15) is 4.79 Å². The van der Waals surface area contributed by atoms with Crippen LogP contribution in [0.15, 0.2) is 18.3 Å². The highest BCUT2D eigenvalue weighted by molar-refractivity contribution is 5.99. The number of aromatic nitrogens is 1. The summed E-state index contributed by atoms with van der Waals surface area (Å²) in [6, 6.07) is 4.06. The van der Waals surface area contributed by atoms with Crippen LogP contribution in [0.25, 0.3) is 10.9 Å². The van der Waals surface area contributed by atoms with E-state index in [-0.39, 0.29) is 0 Å². The van der Waals surface area contributed by atoms with E-state index in [1.807, 2.05) is 13.0 Å². The number of hydrogen-bond donors (Lipinski definition) is 1. The minimum Gasteiger partial charge on any atom is -0.360 e. The molecule has 13 heavy (non-hydrogen) atoms. The fraction of sp³-hybridized carbons (Fsp3) is 0.182. The molecule has 2 aromatic rings. The summed E-state index contributed by atoms with van der Waals surface area (Å²) in [6.07, 6.45) is 2.65. The first-order valence-corrected chi connectivity index (χ1v) is 4.26. The van der Waals surface area contributed by atoms with Gasteiger partial charge in [-0.3, -0.25) is 4.79 Å². The highest BCUT2D eigenvalue weighted by atomic mass is 16.1. The predicted molar refractivity (Wildman–Crippen MR) is 53.2 cm³/mol. The van der Waals surface area contributed by atoms with Gasteiger partial charge in [0.1, 0.15) is 0 Å². The van der Waals surface area contributed by atoms with Crippen molar-refractivity contribution in [1.82, 2.24) is 4.98 Å². The number of hydrogen-bond acceptors (Lipinski definition) is 1. The number of nitrogens with one attached hydrogen (secondary N) is 1. The van der Waals surface area contributed by atoms with E-state index in [4.69, 9.17) is 0 Å². The lowest BCUT2D eigenvalue weighted by Gasteiger charge is -2.01. The third kappa shape index (κ3) is 1.06. The molecular formula is C11H11NO. The second-order valence-corrected chi connectivity index (χ2v) is 3.29. The van der Waals surface area contributed by atoms with Gasteiger partial charge in [-0.25, -0.2) is 0 Å². The monoisotopic (exact) mass is 173 g/mol. The molecule has 0 aliphatic carbocycles. The van der Waals surface area contributed by atoms with Crippen LogP contribution in [0.5, 0.6) is 0 Å². The molecular weight excluding hydrogens is 162 g/mol. The third-order valence-electron chi connectivity index (χ3n) is 2.53. The molecule has 1 heterocycles. The molecule has 0 fully saturated rings. The van der Waals surface area contributed by atoms with Crippen LogP contribution in [0.3, 0.4) is 0 Å². The summed E-state index contributed by atoms with van der Waals surface area (Å²) in [5.74, 6) is 0. The second kappa shape index (κ2) is 2.73. The Hall–Kier alpha value is -1.57. The maximum Gasteiger partial charge on any atom is 0.152 e. The maximum atomic E-state index is 10.7. The van der Waals surface area contributed by atoms with Crippen LogP contribution in [0.4, 0.5) is 0 Å². The highest BCUT2D eigenvalue weighted by Gasteiger charge is 2.06. The summed E-state index contributed by atoms with van der Waals surface area (Å²) in [5, 5.41) is 1.05. The van der Waals surface area contributed by atoms with Crippen LogP contribution in [-0.4, -0.2) is 11.3 Å². The van der Waals surface area contributed by atoms with Crippen molar-refractivity contribution in [2.24, 2.45) is 0 Å². The normalized spacial score (nSPS) is 10.6. The van der Waals surface area contributed by atoms with Crippen molar-refractivity contribution in [2.75, 3.05) is 0 Å². The van der Waals surface area contributed by atoms with E-state index in [2.05, 4.69) is 18.0 Å². The van der Waals surface area contributed by atoms with Crippen molar-refractivity contribution in [2.45, 2.75) is 13.8 Å². The van der Waals surface area contributed by atoms with E-state index >= 15 is 0 Å². The number of carbonyl (C=O) groups is 1. The first-order valence-electron chi connectivity index (χ1n) is 4.26. The Kier molecular flexibility index (Phi) is 1.69. The van der Waals surface area contributed by atoms with E-state index in [0.29, 0.717) is 0 Å². The number of rotatable bonds is 1. The average Bonchev–Trinajstić information content (AvgIpc) is 2.55. The summed E-state index contributed by atoms with van der Waals surface area (Å²) in [5.41, 5.74) is 4.18. The van der Waals surface area contributed by atoms with Gasteiger partial charge in [-0.2, -0.15) is 0 Å². The molecule has 1 aromatic carbocycles. The van der Waals surface area contributed by atoms with E-state index in [0.717, 1.165) is 22.8 Å². The Morgan fingerprint density at radius 1 is 1.31 bits per heavy atom. The van der Waals surface area contributed by atoms with Gasteiger partial charge < -0.3 is 4.98 Å². The third-order valence-corrected chi connectivity index (χ3v) is 2.53. The number of benzene rings is 1. The van der Waals surface area contributed by atoms with Gasteiger partial charge >= 0.3 is 0 Å². The van der Waals surface area contributed by atoms with Crippen LogP contribution >= 0.6 is 0 Å². The molecule has 0 amide bonds. The van der Waals surface area contributed by atoms with E-state index in [1.54, 1.807) is 6.20 Å². The van der Waals surface area contributed by atoms with Gasteiger partial charge in [0.15, 0.2) is 6.29 Å². The summed E-state index contributed by atoms with van der Waals surface area (Å²) in [6.45, 7) is 4.09. The summed E-state index contributed by atoms with van der Waals surface area (Å²) < 4.78 is 0. The van der Waals surface area contributed by atoms with Gasteiger partial charge in [0.25, 0.3) is 0 Å². The van der Waals surface area contributed by atoms with Crippen LogP contribution in [0.2, 0.25) is 0 Å². The van der Waals surface area contributed by atoms with Crippen molar-refractivity contribution in [3.8, 4) is 0 Å². The van der Waals surface area contributed by atoms with Crippen molar-refractivity contribution in [3.05, 3.63) is 35.0 Å². The summed E-state index contributed by atoms with van der Waals surface area (Å²) >= 11 is 0. The molecule has 0 bridgehead atoms. The Morgan fingerprint density at radius 2 is 2.08 bits per heavy atom. The zero-order chi connectivity index (χ0) is 9.42. The van der Waals surface area contributed by atoms with Gasteiger partial charge in [0.2, 0.25) is 0 Å². The molecule has 2 heteroatoms. The van der Waals surface area contributed by atoms with Gasteiger partial charge in [-0.1, -0.05) is 6.07 Å². The lowest BCUT2D eigenvalue weighted by Crippen LogP contribution is -1.84. The molecule has 1 N–H and O–H groups in total. The molecule has 0 unspecified atom stereocenters. The topological polar surface area (TPSA) is 32.9 Å². The number of aromatic amines is 1. The highest BCUT2D eigenvalue weighted by Crippen LogP contribution is 2.23. The lowest BCUT2D eigenvalue weighted by molar-refractivity contribution is 0.112. The van der Waals surface area contributed by atoms with Crippen molar-refractivity contribution >= 4 is 17.2 Å². The number of fused-ring (bicyclic) bond motifs is 1. The molecule has 0 aliphatic heterocycles. The Balaban J connectivity index is 2.93. The zero-order valence-corrected chi connectivity index (χ0v) is 7.72. The zero-order valence-electron chi connectivity index (χ0n) is 7.72. The lowest BCUT2D eigenvalue weighted by atomic mass is 10.0. The van der Waals surface area contributed by atoms with Gasteiger partial charge in [0, 0.05) is 22.7 Å². The van der Waals surface area contributed by atoms with Crippen LogP contribution in [0.1, 0.15) is 21.5 Å². The summed E-state index contributed by atoms with van der Waals surface area (Å²) in [7, 11) is 0. The first kappa shape index (κ1) is 8.05. The molecule has 0 aliphatic rings. The number of H-pyrrole nitrogens is 1. The minimum atomic E-state index is 0.746. The Bertz CT molecular complexity index is 468. The molecule has 0 saturated heterocycles. The molecule has 2 rings (SSSR count). The summed E-state index contributed by atoms with van der Waals surface area (Å²) in [4.78, 5) is 13.8. The van der Waals surface area contributed by atoms with E-state index in [1.165, 1.54) is 11.1 Å². The van der Waals surface area contributed by atoms with Crippen LogP contribution in [0, 0.1) is 13.8 Å². The maximum absolute atomic E-state index is 10.7. The molecule has 2 nitrogen and oxygen atoms in total. The van der Waals surface area contributed by atoms with Gasteiger partial charge in [0.05, 0.1) is 0 Å². The molecule has 0 atom stereocenters. The van der Waals surface area contributed by atoms with Crippen molar-refractivity contribution in [1.29, 1.82) is 0 Å². The number of aryl methyl sites for hydroxylation is 2. The fourth-order valence-corrected chi connectivity index (χ4v) is 1.63. The fourth-order valence-electron chi connectivity index (χ4n) is 1.63. The largest absolute Gasteiger partial charge is 0.360 e. The number of carbonyl (C=O) groups excluding carboxylic acids is 1. The second-order valence-electron chi connectivity index (χ2n) is 3.29.